The van der Waals surface area contributed by atoms with E-state index in [9.17, 15) is 4.79 Å². The number of hydrogen-bond donors (Lipinski definition) is 0. The van der Waals surface area contributed by atoms with Crippen molar-refractivity contribution in [1.29, 1.82) is 0 Å². The van der Waals surface area contributed by atoms with Gasteiger partial charge in [0.05, 0.1) is 0 Å². The number of carbonyl (C=O) groups excluding carboxylic acids is 1. The van der Waals surface area contributed by atoms with Crippen LogP contribution >= 0.6 is 11.6 Å². The second kappa shape index (κ2) is 6.98. The molecule has 2 atom stereocenters. The van der Waals surface area contributed by atoms with Crippen molar-refractivity contribution in [3.8, 4) is 5.75 Å². The molecule has 20 heavy (non-hydrogen) atoms. The molecule has 1 aliphatic rings. The first kappa shape index (κ1) is 15.2. The fraction of sp³-hybridized carbons (Fsp3) is 0.562. The lowest BCUT2D eigenvalue weighted by molar-refractivity contribution is -0.135. The standard InChI is InChI=1S/C16H22ClNO2/c1-12-5-3-4-6-15(12)18(2)16(19)11-20-14-9-7-13(17)8-10-14/h7-10,12,15H,3-6,11H2,1-2H3. The van der Waals surface area contributed by atoms with Crippen molar-refractivity contribution in [3.05, 3.63) is 29.3 Å². The number of halogens is 1. The zero-order valence-corrected chi connectivity index (χ0v) is 12.9. The molecular weight excluding hydrogens is 274 g/mol. The van der Waals surface area contributed by atoms with E-state index in [1.807, 2.05) is 11.9 Å². The molecule has 1 fully saturated rings. The first-order valence-corrected chi connectivity index (χ1v) is 7.59. The molecule has 1 amide bonds. The van der Waals surface area contributed by atoms with E-state index >= 15 is 0 Å². The molecule has 0 bridgehead atoms. The predicted octanol–water partition coefficient (Wildman–Crippen LogP) is 3.76. The normalized spacial score (nSPS) is 22.4. The average molecular weight is 296 g/mol. The van der Waals surface area contributed by atoms with Crippen LogP contribution in [0.15, 0.2) is 24.3 Å². The van der Waals surface area contributed by atoms with Gasteiger partial charge < -0.3 is 9.64 Å². The molecule has 2 rings (SSSR count). The summed E-state index contributed by atoms with van der Waals surface area (Å²) in [7, 11) is 1.89. The van der Waals surface area contributed by atoms with E-state index in [4.69, 9.17) is 16.3 Å². The van der Waals surface area contributed by atoms with E-state index in [0.29, 0.717) is 22.7 Å². The van der Waals surface area contributed by atoms with Crippen molar-refractivity contribution in [2.45, 2.75) is 38.6 Å². The van der Waals surface area contributed by atoms with Crippen molar-refractivity contribution < 1.29 is 9.53 Å². The van der Waals surface area contributed by atoms with Crippen LogP contribution in [0.3, 0.4) is 0 Å². The average Bonchev–Trinajstić information content (AvgIpc) is 2.46. The van der Waals surface area contributed by atoms with E-state index in [1.54, 1.807) is 24.3 Å². The number of hydrogen-bond acceptors (Lipinski definition) is 2. The third kappa shape index (κ3) is 3.89. The molecule has 1 aromatic carbocycles. The smallest absolute Gasteiger partial charge is 0.260 e. The van der Waals surface area contributed by atoms with Crippen LogP contribution in [0.4, 0.5) is 0 Å². The Hall–Kier alpha value is -1.22. The monoisotopic (exact) mass is 295 g/mol. The number of ether oxygens (including phenoxy) is 1. The molecule has 0 aliphatic heterocycles. The van der Waals surface area contributed by atoms with Crippen LogP contribution in [-0.4, -0.2) is 30.5 Å². The minimum absolute atomic E-state index is 0.0405. The number of nitrogens with zero attached hydrogens (tertiary/aromatic N) is 1. The van der Waals surface area contributed by atoms with Crippen LogP contribution in [0.5, 0.6) is 5.75 Å². The van der Waals surface area contributed by atoms with Crippen molar-refractivity contribution in [2.24, 2.45) is 5.92 Å². The summed E-state index contributed by atoms with van der Waals surface area (Å²) in [5.41, 5.74) is 0. The Labute approximate surface area is 125 Å². The predicted molar refractivity (Wildman–Crippen MR) is 81.1 cm³/mol. The highest BCUT2D eigenvalue weighted by molar-refractivity contribution is 6.30. The first-order chi connectivity index (χ1) is 9.58. The maximum absolute atomic E-state index is 12.2. The van der Waals surface area contributed by atoms with E-state index < -0.39 is 0 Å². The third-order valence-electron chi connectivity index (χ3n) is 4.13. The summed E-state index contributed by atoms with van der Waals surface area (Å²) in [6.45, 7) is 2.31. The van der Waals surface area contributed by atoms with Gasteiger partial charge in [0.25, 0.3) is 5.91 Å². The van der Waals surface area contributed by atoms with Gasteiger partial charge in [0.2, 0.25) is 0 Å². The molecule has 3 nitrogen and oxygen atoms in total. The van der Waals surface area contributed by atoms with Gasteiger partial charge in [-0.3, -0.25) is 4.79 Å². The Morgan fingerprint density at radius 1 is 1.30 bits per heavy atom. The lowest BCUT2D eigenvalue weighted by atomic mass is 9.85. The van der Waals surface area contributed by atoms with E-state index in [-0.39, 0.29) is 12.5 Å². The Morgan fingerprint density at radius 3 is 2.60 bits per heavy atom. The summed E-state index contributed by atoms with van der Waals surface area (Å²) < 4.78 is 5.52. The molecular formula is C16H22ClNO2. The quantitative estimate of drug-likeness (QED) is 0.846. The number of carbonyl (C=O) groups is 1. The molecule has 1 aliphatic carbocycles. The van der Waals surface area contributed by atoms with Gasteiger partial charge in [0, 0.05) is 18.1 Å². The van der Waals surface area contributed by atoms with Crippen LogP contribution in [0, 0.1) is 5.92 Å². The molecule has 110 valence electrons. The van der Waals surface area contributed by atoms with Gasteiger partial charge in [-0.05, 0) is 43.0 Å². The maximum atomic E-state index is 12.2. The van der Waals surface area contributed by atoms with Gasteiger partial charge >= 0.3 is 0 Å². The third-order valence-corrected chi connectivity index (χ3v) is 4.38. The Morgan fingerprint density at radius 2 is 1.95 bits per heavy atom. The van der Waals surface area contributed by atoms with Crippen molar-refractivity contribution in [2.75, 3.05) is 13.7 Å². The second-order valence-electron chi connectivity index (χ2n) is 5.58. The van der Waals surface area contributed by atoms with Crippen LogP contribution in [-0.2, 0) is 4.79 Å². The lowest BCUT2D eigenvalue weighted by Gasteiger charge is -2.36. The number of benzene rings is 1. The summed E-state index contributed by atoms with van der Waals surface area (Å²) in [4.78, 5) is 14.1. The van der Waals surface area contributed by atoms with Gasteiger partial charge in [-0.1, -0.05) is 31.4 Å². The molecule has 0 saturated heterocycles. The second-order valence-corrected chi connectivity index (χ2v) is 6.01. The van der Waals surface area contributed by atoms with Gasteiger partial charge in [-0.2, -0.15) is 0 Å². The Kier molecular flexibility index (Phi) is 5.30. The van der Waals surface area contributed by atoms with Gasteiger partial charge in [-0.25, -0.2) is 0 Å². The fourth-order valence-electron chi connectivity index (χ4n) is 2.83. The summed E-state index contributed by atoms with van der Waals surface area (Å²) >= 11 is 5.81. The fourth-order valence-corrected chi connectivity index (χ4v) is 2.96. The van der Waals surface area contributed by atoms with Gasteiger partial charge in [0.1, 0.15) is 5.75 Å². The minimum atomic E-state index is 0.0405. The molecule has 2 unspecified atom stereocenters. The number of rotatable bonds is 4. The van der Waals surface area contributed by atoms with Gasteiger partial charge in [0.15, 0.2) is 6.61 Å². The van der Waals surface area contributed by atoms with E-state index in [1.165, 1.54) is 19.3 Å². The van der Waals surface area contributed by atoms with Crippen LogP contribution in [0.25, 0.3) is 0 Å². The zero-order valence-electron chi connectivity index (χ0n) is 12.1. The molecule has 0 N–H and O–H groups in total. The Balaban J connectivity index is 1.86. The van der Waals surface area contributed by atoms with Crippen LogP contribution in [0.2, 0.25) is 5.02 Å². The van der Waals surface area contributed by atoms with E-state index in [0.717, 1.165) is 6.42 Å². The molecule has 4 heteroatoms. The molecule has 1 aromatic rings. The highest BCUT2D eigenvalue weighted by atomic mass is 35.5. The largest absolute Gasteiger partial charge is 0.484 e. The maximum Gasteiger partial charge on any atom is 0.260 e. The molecule has 0 aromatic heterocycles. The topological polar surface area (TPSA) is 29.5 Å². The summed E-state index contributed by atoms with van der Waals surface area (Å²) in [5, 5.41) is 0.664. The highest BCUT2D eigenvalue weighted by Crippen LogP contribution is 2.27. The lowest BCUT2D eigenvalue weighted by Crippen LogP contribution is -2.44. The SMILES string of the molecule is CC1CCCCC1N(C)C(=O)COc1ccc(Cl)cc1. The molecule has 1 saturated carbocycles. The van der Waals surface area contributed by atoms with Crippen LogP contribution in [0.1, 0.15) is 32.6 Å². The van der Waals surface area contributed by atoms with Crippen molar-refractivity contribution in [3.63, 3.8) is 0 Å². The number of amides is 1. The molecule has 0 heterocycles. The van der Waals surface area contributed by atoms with Crippen LogP contribution < -0.4 is 4.74 Å². The first-order valence-electron chi connectivity index (χ1n) is 7.22. The van der Waals surface area contributed by atoms with Crippen molar-refractivity contribution in [1.82, 2.24) is 4.90 Å². The summed E-state index contributed by atoms with van der Waals surface area (Å²) in [5.74, 6) is 1.29. The molecule has 0 radical (unpaired) electrons. The van der Waals surface area contributed by atoms with E-state index in [2.05, 4.69) is 6.92 Å². The zero-order chi connectivity index (χ0) is 14.5. The van der Waals surface area contributed by atoms with Crippen molar-refractivity contribution >= 4 is 17.5 Å². The number of likely N-dealkylation sites (N-methyl/N-ethyl adjacent to an activating group) is 1. The summed E-state index contributed by atoms with van der Waals surface area (Å²) in [6, 6.07) is 7.42. The van der Waals surface area contributed by atoms with Gasteiger partial charge in [-0.15, -0.1) is 0 Å². The summed E-state index contributed by atoms with van der Waals surface area (Å²) in [6.07, 6.45) is 4.80. The minimum Gasteiger partial charge on any atom is -0.484 e. The molecule has 0 spiro atoms. The Bertz CT molecular complexity index is 446. The highest BCUT2D eigenvalue weighted by Gasteiger charge is 2.27.